The Morgan fingerprint density at radius 1 is 0.829 bits per heavy atom. The predicted molar refractivity (Wildman–Crippen MR) is 113 cm³/mol. The third kappa shape index (κ3) is 56.7. The molecule has 1 N–H and O–H groups in total. The molecule has 0 spiro atoms. The molecule has 200 valence electrons. The fourth-order valence-electron chi connectivity index (χ4n) is 1.90. The predicted octanol–water partition coefficient (Wildman–Crippen LogP) is -4.06. The van der Waals surface area contributed by atoms with Crippen LogP contribution in [0.2, 0.25) is 0 Å². The van der Waals surface area contributed by atoms with E-state index in [4.69, 9.17) is 4.55 Å². The molecule has 0 aromatic carbocycles. The summed E-state index contributed by atoms with van der Waals surface area (Å²) in [6.45, 7) is 5.40. The third-order valence-corrected chi connectivity index (χ3v) is 4.31. The molecule has 0 rings (SSSR count). The average molecular weight is 607 g/mol. The molecule has 14 nitrogen and oxygen atoms in total. The fourth-order valence-corrected chi connectivity index (χ4v) is 2.78. The van der Waals surface area contributed by atoms with Gasteiger partial charge in [0.15, 0.2) is 0 Å². The Balaban J connectivity index is -0.000000142. The van der Waals surface area contributed by atoms with Crippen LogP contribution in [0.3, 0.4) is 0 Å². The van der Waals surface area contributed by atoms with E-state index >= 15 is 0 Å². The summed E-state index contributed by atoms with van der Waals surface area (Å²) in [7, 11) is -13.5. The van der Waals surface area contributed by atoms with Gasteiger partial charge in [0.05, 0.1) is 13.7 Å². The average Bonchev–Trinajstić information content (AvgIpc) is 2.69. The van der Waals surface area contributed by atoms with Crippen LogP contribution < -0.4 is 80.9 Å². The van der Waals surface area contributed by atoms with Crippen molar-refractivity contribution in [2.75, 3.05) is 13.7 Å². The molecule has 0 fully saturated rings. The van der Waals surface area contributed by atoms with E-state index in [-0.39, 0.29) is 87.5 Å². The van der Waals surface area contributed by atoms with Crippen LogP contribution in [0, 0.1) is 0 Å². The molecule has 0 saturated carbocycles. The third-order valence-electron chi connectivity index (χ3n) is 3.29. The maximum Gasteiger partial charge on any atom is 1.00 e. The number of esters is 1. The largest absolute Gasteiger partial charge is 1.00 e. The molecule has 0 saturated heterocycles. The molecule has 0 heterocycles. The van der Waals surface area contributed by atoms with Crippen LogP contribution in [0.15, 0.2) is 12.7 Å². The number of carbonyl (C=O) groups is 1. The van der Waals surface area contributed by atoms with Crippen molar-refractivity contribution >= 4 is 37.2 Å². The molecule has 35 heavy (non-hydrogen) atoms. The summed E-state index contributed by atoms with van der Waals surface area (Å²) in [6, 6.07) is 0. The van der Waals surface area contributed by atoms with E-state index < -0.39 is 37.2 Å². The maximum atomic E-state index is 10.1. The van der Waals surface area contributed by atoms with Crippen molar-refractivity contribution in [2.24, 2.45) is 0 Å². The molecule has 0 aliphatic heterocycles. The van der Waals surface area contributed by atoms with E-state index in [0.717, 1.165) is 18.9 Å². The molecule has 0 aliphatic rings. The van der Waals surface area contributed by atoms with E-state index in [0.29, 0.717) is 6.42 Å². The molecule has 0 aliphatic carbocycles. The van der Waals surface area contributed by atoms with Crippen molar-refractivity contribution in [1.29, 1.82) is 0 Å². The first-order valence-electron chi connectivity index (χ1n) is 9.69. The molecule has 0 radical (unpaired) electrons. The minimum atomic E-state index is -5.27. The van der Waals surface area contributed by atoms with Crippen LogP contribution in [0.4, 0.5) is 0 Å². The molecule has 0 unspecified atom stereocenters. The zero-order chi connectivity index (χ0) is 26.4. The molecule has 0 aromatic rings. The number of methoxy groups -OCH3 is 1. The Morgan fingerprint density at radius 3 is 1.46 bits per heavy atom. The SMILES string of the molecule is C=CC(=O)OC.CCCCCCCCCCCCOS(=O)(=O)[O-].O=S(=O)([O-])OOS(=O)(=O)O.[K+].[Na+]. The maximum absolute atomic E-state index is 10.1. The minimum absolute atomic E-state index is 0. The van der Waals surface area contributed by atoms with Gasteiger partial charge in [0.1, 0.15) is 0 Å². The van der Waals surface area contributed by atoms with Gasteiger partial charge in [0, 0.05) is 6.08 Å². The summed E-state index contributed by atoms with van der Waals surface area (Å²) in [5, 5.41) is 0. The van der Waals surface area contributed by atoms with Crippen LogP contribution in [0.5, 0.6) is 0 Å². The van der Waals surface area contributed by atoms with Crippen molar-refractivity contribution in [1.82, 2.24) is 0 Å². The fraction of sp³-hybridized carbons (Fsp3) is 0.812. The van der Waals surface area contributed by atoms with Crippen molar-refractivity contribution in [3.8, 4) is 0 Å². The topological polar surface area (TPSA) is 223 Å². The van der Waals surface area contributed by atoms with Crippen molar-refractivity contribution < 1.29 is 142 Å². The van der Waals surface area contributed by atoms with Gasteiger partial charge < -0.3 is 13.8 Å². The summed E-state index contributed by atoms with van der Waals surface area (Å²) in [6.07, 6.45) is 12.8. The van der Waals surface area contributed by atoms with Crippen molar-refractivity contribution in [2.45, 2.75) is 71.1 Å². The van der Waals surface area contributed by atoms with Gasteiger partial charge in [-0.3, -0.25) is 8.74 Å². The van der Waals surface area contributed by atoms with Gasteiger partial charge in [-0.15, -0.1) is 0 Å². The first-order chi connectivity index (χ1) is 15.1. The van der Waals surface area contributed by atoms with Gasteiger partial charge in [-0.25, -0.2) is 21.6 Å². The zero-order valence-corrected chi connectivity index (χ0v) is 28.1. The molecular weight excluding hydrogens is 574 g/mol. The van der Waals surface area contributed by atoms with Gasteiger partial charge in [0.2, 0.25) is 20.8 Å². The van der Waals surface area contributed by atoms with Crippen LogP contribution in [0.1, 0.15) is 71.1 Å². The second kappa shape index (κ2) is 28.5. The normalized spacial score (nSPS) is 10.8. The van der Waals surface area contributed by atoms with Crippen molar-refractivity contribution in [3.63, 3.8) is 0 Å². The summed E-state index contributed by atoms with van der Waals surface area (Å²) < 4.78 is 98.8. The van der Waals surface area contributed by atoms with Crippen LogP contribution >= 0.6 is 0 Å². The van der Waals surface area contributed by atoms with E-state index in [1.807, 2.05) is 0 Å². The van der Waals surface area contributed by atoms with Crippen LogP contribution in [-0.4, -0.2) is 58.6 Å². The number of ether oxygens (including phenoxy) is 1. The Kier molecular flexibility index (Phi) is 37.7. The Labute approximate surface area is 273 Å². The first-order valence-corrected chi connectivity index (χ1v) is 13.7. The monoisotopic (exact) mass is 606 g/mol. The van der Waals surface area contributed by atoms with Gasteiger partial charge in [-0.1, -0.05) is 80.0 Å². The zero-order valence-electron chi connectivity index (χ0n) is 20.5. The van der Waals surface area contributed by atoms with Crippen LogP contribution in [-0.2, 0) is 53.6 Å². The molecule has 0 atom stereocenters. The smallest absolute Gasteiger partial charge is 0.726 e. The Hall–Kier alpha value is 1.46. The standard InChI is InChI=1S/C12H26O4S.C4H6O2.K.Na.H2O8S2/c1-2-3-4-5-6-7-8-9-10-11-12-16-17(13,14)15;1-3-4(5)6-2;;;1-9(2,3)7-8-10(4,5)6/h2-12H2,1H3,(H,13,14,15);3H,1H2,2H3;;;(H,1,2,3)(H,4,5,6)/q;;2*+1;/p-2. The Bertz CT molecular complexity index is 784. The Morgan fingerprint density at radius 2 is 1.23 bits per heavy atom. The summed E-state index contributed by atoms with van der Waals surface area (Å²) in [4.78, 5) is 9.84. The van der Waals surface area contributed by atoms with E-state index in [1.54, 1.807) is 0 Å². The summed E-state index contributed by atoms with van der Waals surface area (Å²) in [5.74, 6) is -0.394. The second-order valence-electron chi connectivity index (χ2n) is 6.11. The molecular formula is C16H32KNaO14S3. The number of rotatable bonds is 16. The van der Waals surface area contributed by atoms with E-state index in [2.05, 4.69) is 31.1 Å². The molecule has 0 bridgehead atoms. The molecule has 19 heteroatoms. The second-order valence-corrected chi connectivity index (χ2v) is 9.11. The summed E-state index contributed by atoms with van der Waals surface area (Å²) >= 11 is 0. The minimum Gasteiger partial charge on any atom is -0.726 e. The van der Waals surface area contributed by atoms with Gasteiger partial charge in [-0.2, -0.15) is 8.42 Å². The van der Waals surface area contributed by atoms with Gasteiger partial charge in [0.25, 0.3) is 0 Å². The summed E-state index contributed by atoms with van der Waals surface area (Å²) in [5.41, 5.74) is 0. The first kappa shape index (κ1) is 46.3. The van der Waals surface area contributed by atoms with Gasteiger partial charge in [-0.05, 0) is 6.42 Å². The van der Waals surface area contributed by atoms with Crippen LogP contribution in [0.25, 0.3) is 0 Å². The van der Waals surface area contributed by atoms with E-state index in [9.17, 15) is 39.2 Å². The number of hydrogen-bond acceptors (Lipinski definition) is 13. The number of hydrogen-bond donors (Lipinski definition) is 1. The number of carbonyl (C=O) groups excluding carboxylic acids is 1. The number of unbranched alkanes of at least 4 members (excludes halogenated alkanes) is 9. The van der Waals surface area contributed by atoms with E-state index in [1.165, 1.54) is 52.1 Å². The van der Waals surface area contributed by atoms with Gasteiger partial charge >= 0.3 is 97.3 Å². The molecule has 0 amide bonds. The van der Waals surface area contributed by atoms with Crippen molar-refractivity contribution in [3.05, 3.63) is 12.7 Å². The molecule has 0 aromatic heterocycles. The quantitative estimate of drug-likeness (QED) is 0.0258.